The Morgan fingerprint density at radius 1 is 1.09 bits per heavy atom. The number of benzene rings is 1. The number of sulfone groups is 1. The standard InChI is InChI=1S/C23H27ClN4O4S/c24-17-5-8-19(9-6-17)33(31,32)23(11-1-2-12-23)22(30)27-18-7-10-20(26-14-18)28-13-3-4-16(15-28)21(25)29/h5-10,14,16H,1-4,11-13,15H2,(H2,25,29)(H,27,30). The van der Waals surface area contributed by atoms with Gasteiger partial charge in [0.05, 0.1) is 22.7 Å². The maximum absolute atomic E-state index is 13.5. The van der Waals surface area contributed by atoms with Gasteiger partial charge in [-0.3, -0.25) is 9.59 Å². The third kappa shape index (κ3) is 4.56. The minimum Gasteiger partial charge on any atom is -0.369 e. The number of nitrogens with one attached hydrogen (secondary N) is 1. The number of nitrogens with zero attached hydrogens (tertiary/aromatic N) is 2. The lowest BCUT2D eigenvalue weighted by Gasteiger charge is -2.32. The van der Waals surface area contributed by atoms with E-state index in [-0.39, 0.29) is 29.6 Å². The summed E-state index contributed by atoms with van der Waals surface area (Å²) in [6.07, 6.45) is 4.97. The number of halogens is 1. The molecule has 33 heavy (non-hydrogen) atoms. The van der Waals surface area contributed by atoms with E-state index in [4.69, 9.17) is 17.3 Å². The molecule has 0 radical (unpaired) electrons. The van der Waals surface area contributed by atoms with Crippen LogP contribution in [0.3, 0.4) is 0 Å². The fourth-order valence-corrected chi connectivity index (χ4v) is 6.91. The molecule has 1 aliphatic carbocycles. The number of pyridine rings is 1. The summed E-state index contributed by atoms with van der Waals surface area (Å²) in [5, 5.41) is 3.20. The van der Waals surface area contributed by atoms with Gasteiger partial charge in [-0.05, 0) is 62.1 Å². The average molecular weight is 491 g/mol. The maximum Gasteiger partial charge on any atom is 0.246 e. The van der Waals surface area contributed by atoms with Crippen LogP contribution in [-0.4, -0.2) is 43.1 Å². The zero-order chi connectivity index (χ0) is 23.6. The fourth-order valence-electron chi connectivity index (χ4n) is 4.71. The second-order valence-corrected chi connectivity index (χ2v) is 11.4. The molecule has 0 bridgehead atoms. The van der Waals surface area contributed by atoms with Gasteiger partial charge in [0, 0.05) is 18.1 Å². The van der Waals surface area contributed by atoms with E-state index in [1.54, 1.807) is 12.1 Å². The van der Waals surface area contributed by atoms with E-state index in [0.717, 1.165) is 19.4 Å². The number of nitrogens with two attached hydrogens (primary N) is 1. The molecule has 2 aliphatic rings. The summed E-state index contributed by atoms with van der Waals surface area (Å²) in [6.45, 7) is 1.28. The molecular formula is C23H27ClN4O4S. The number of hydrogen-bond acceptors (Lipinski definition) is 6. The van der Waals surface area contributed by atoms with Crippen LogP contribution in [0.2, 0.25) is 5.02 Å². The minimum atomic E-state index is -3.92. The number of anilines is 2. The summed E-state index contributed by atoms with van der Waals surface area (Å²) in [5.41, 5.74) is 5.88. The summed E-state index contributed by atoms with van der Waals surface area (Å²) in [4.78, 5) is 31.4. The molecule has 176 valence electrons. The van der Waals surface area contributed by atoms with Gasteiger partial charge in [-0.2, -0.15) is 0 Å². The van der Waals surface area contributed by atoms with E-state index in [0.29, 0.717) is 35.9 Å². The number of amides is 2. The number of aromatic nitrogens is 1. The van der Waals surface area contributed by atoms with Crippen LogP contribution in [-0.2, 0) is 19.4 Å². The fraction of sp³-hybridized carbons (Fsp3) is 0.435. The first-order valence-corrected chi connectivity index (χ1v) is 12.9. The van der Waals surface area contributed by atoms with Crippen LogP contribution in [0.4, 0.5) is 11.5 Å². The molecule has 0 spiro atoms. The van der Waals surface area contributed by atoms with Crippen molar-refractivity contribution in [2.45, 2.75) is 48.2 Å². The number of hydrogen-bond donors (Lipinski definition) is 2. The zero-order valence-electron chi connectivity index (χ0n) is 18.2. The van der Waals surface area contributed by atoms with E-state index in [2.05, 4.69) is 10.3 Å². The van der Waals surface area contributed by atoms with Crippen molar-refractivity contribution in [3.05, 3.63) is 47.6 Å². The number of primary amides is 1. The Hall–Kier alpha value is -2.65. The molecule has 1 aliphatic heterocycles. The van der Waals surface area contributed by atoms with Gasteiger partial charge >= 0.3 is 0 Å². The molecule has 8 nitrogen and oxygen atoms in total. The summed E-state index contributed by atoms with van der Waals surface area (Å²) >= 11 is 5.91. The van der Waals surface area contributed by atoms with E-state index >= 15 is 0 Å². The molecule has 2 amide bonds. The van der Waals surface area contributed by atoms with Crippen LogP contribution in [0.5, 0.6) is 0 Å². The molecule has 2 fully saturated rings. The topological polar surface area (TPSA) is 122 Å². The van der Waals surface area contributed by atoms with E-state index < -0.39 is 20.5 Å². The first-order valence-electron chi connectivity index (χ1n) is 11.0. The quantitative estimate of drug-likeness (QED) is 0.641. The van der Waals surface area contributed by atoms with Crippen molar-refractivity contribution in [3.63, 3.8) is 0 Å². The largest absolute Gasteiger partial charge is 0.369 e. The monoisotopic (exact) mass is 490 g/mol. The van der Waals surface area contributed by atoms with Crippen molar-refractivity contribution in [1.29, 1.82) is 0 Å². The van der Waals surface area contributed by atoms with Crippen LogP contribution in [0.1, 0.15) is 38.5 Å². The normalized spacial score (nSPS) is 20.4. The Morgan fingerprint density at radius 2 is 1.79 bits per heavy atom. The highest BCUT2D eigenvalue weighted by Crippen LogP contribution is 2.41. The lowest BCUT2D eigenvalue weighted by Crippen LogP contribution is -2.47. The van der Waals surface area contributed by atoms with Gasteiger partial charge in [0.15, 0.2) is 14.6 Å². The zero-order valence-corrected chi connectivity index (χ0v) is 19.7. The third-order valence-electron chi connectivity index (χ3n) is 6.62. The molecule has 1 saturated carbocycles. The van der Waals surface area contributed by atoms with Gasteiger partial charge in [-0.15, -0.1) is 0 Å². The van der Waals surface area contributed by atoms with Crippen LogP contribution < -0.4 is 16.0 Å². The lowest BCUT2D eigenvalue weighted by atomic mass is 9.97. The summed E-state index contributed by atoms with van der Waals surface area (Å²) in [6, 6.07) is 9.38. The lowest BCUT2D eigenvalue weighted by molar-refractivity contribution is -0.122. The van der Waals surface area contributed by atoms with Gasteiger partial charge in [-0.1, -0.05) is 24.4 Å². The predicted octanol–water partition coefficient (Wildman–Crippen LogP) is 3.16. The molecule has 4 rings (SSSR count). The van der Waals surface area contributed by atoms with Crippen LogP contribution in [0.15, 0.2) is 47.5 Å². The second kappa shape index (κ2) is 9.30. The van der Waals surface area contributed by atoms with E-state index in [1.807, 2.05) is 4.90 Å². The van der Waals surface area contributed by atoms with Crippen LogP contribution >= 0.6 is 11.6 Å². The van der Waals surface area contributed by atoms with Gasteiger partial charge < -0.3 is 16.0 Å². The van der Waals surface area contributed by atoms with Crippen molar-refractivity contribution in [2.75, 3.05) is 23.3 Å². The number of piperidine rings is 1. The Morgan fingerprint density at radius 3 is 2.39 bits per heavy atom. The summed E-state index contributed by atoms with van der Waals surface area (Å²) in [7, 11) is -3.92. The molecular weight excluding hydrogens is 464 g/mol. The SMILES string of the molecule is NC(=O)C1CCCN(c2ccc(NC(=O)C3(S(=O)(=O)c4ccc(Cl)cc4)CCCC3)cn2)C1. The van der Waals surface area contributed by atoms with Crippen molar-refractivity contribution in [2.24, 2.45) is 11.7 Å². The van der Waals surface area contributed by atoms with Crippen molar-refractivity contribution in [3.8, 4) is 0 Å². The number of carbonyl (C=O) groups is 2. The van der Waals surface area contributed by atoms with E-state index in [9.17, 15) is 18.0 Å². The van der Waals surface area contributed by atoms with E-state index in [1.165, 1.54) is 30.5 Å². The molecule has 1 atom stereocenters. The summed E-state index contributed by atoms with van der Waals surface area (Å²) in [5.74, 6) is -0.382. The first kappa shape index (κ1) is 23.5. The van der Waals surface area contributed by atoms with Crippen molar-refractivity contribution >= 4 is 44.8 Å². The molecule has 1 saturated heterocycles. The van der Waals surface area contributed by atoms with Crippen LogP contribution in [0, 0.1) is 5.92 Å². The van der Waals surface area contributed by atoms with Gasteiger partial charge in [0.1, 0.15) is 5.82 Å². The molecule has 2 aromatic rings. The Bertz CT molecular complexity index is 1130. The second-order valence-electron chi connectivity index (χ2n) is 8.71. The van der Waals surface area contributed by atoms with Gasteiger partial charge in [0.25, 0.3) is 0 Å². The van der Waals surface area contributed by atoms with Gasteiger partial charge in [0.2, 0.25) is 11.8 Å². The smallest absolute Gasteiger partial charge is 0.246 e. The molecule has 3 N–H and O–H groups in total. The minimum absolute atomic E-state index is 0.0894. The highest BCUT2D eigenvalue weighted by atomic mass is 35.5. The molecule has 2 heterocycles. The molecule has 1 aromatic heterocycles. The third-order valence-corrected chi connectivity index (χ3v) is 9.38. The average Bonchev–Trinajstić information content (AvgIpc) is 3.32. The molecule has 1 aromatic carbocycles. The Kier molecular flexibility index (Phi) is 6.63. The van der Waals surface area contributed by atoms with Crippen molar-refractivity contribution < 1.29 is 18.0 Å². The highest BCUT2D eigenvalue weighted by Gasteiger charge is 2.53. The number of rotatable bonds is 6. The molecule has 1 unspecified atom stereocenters. The van der Waals surface area contributed by atoms with Crippen molar-refractivity contribution in [1.82, 2.24) is 4.98 Å². The predicted molar refractivity (Wildman–Crippen MR) is 127 cm³/mol. The Balaban J connectivity index is 1.52. The number of carbonyl (C=O) groups excluding carboxylic acids is 2. The van der Waals surface area contributed by atoms with Gasteiger partial charge in [-0.25, -0.2) is 13.4 Å². The Labute approximate surface area is 198 Å². The highest BCUT2D eigenvalue weighted by molar-refractivity contribution is 7.93. The van der Waals surface area contributed by atoms with Crippen LogP contribution in [0.25, 0.3) is 0 Å². The maximum atomic E-state index is 13.5. The first-order chi connectivity index (χ1) is 15.7. The summed E-state index contributed by atoms with van der Waals surface area (Å²) < 4.78 is 25.4. The molecule has 10 heteroatoms.